The summed E-state index contributed by atoms with van der Waals surface area (Å²) in [6.45, 7) is 0. The molecule has 54 heavy (non-hydrogen) atoms. The molecule has 0 saturated carbocycles. The zero-order valence-electron chi connectivity index (χ0n) is 29.0. The number of hydrogen-bond donors (Lipinski definition) is 2. The van der Waals surface area contributed by atoms with Crippen molar-refractivity contribution < 1.29 is 0 Å². The number of fused-ring (bicyclic) bond motifs is 6. The summed E-state index contributed by atoms with van der Waals surface area (Å²) in [7, 11) is 0. The lowest BCUT2D eigenvalue weighted by Gasteiger charge is -2.18. The summed E-state index contributed by atoms with van der Waals surface area (Å²) in [4.78, 5) is 15.5. The van der Waals surface area contributed by atoms with Crippen molar-refractivity contribution in [3.63, 3.8) is 0 Å². The lowest BCUT2D eigenvalue weighted by atomic mass is 9.88. The van der Waals surface area contributed by atoms with Crippen molar-refractivity contribution in [1.82, 2.24) is 19.5 Å². The number of anilines is 1. The highest BCUT2D eigenvalue weighted by molar-refractivity contribution is 6.55. The Bertz CT molecular complexity index is 2910. The summed E-state index contributed by atoms with van der Waals surface area (Å²) >= 11 is 0. The molecule has 0 fully saturated rings. The normalized spacial score (nSPS) is 13.2. The molecule has 7 nitrogen and oxygen atoms in total. The van der Waals surface area contributed by atoms with Gasteiger partial charge in [0.05, 0.1) is 22.4 Å². The molecule has 2 N–H and O–H groups in total. The van der Waals surface area contributed by atoms with Crippen LogP contribution in [-0.2, 0) is 0 Å². The summed E-state index contributed by atoms with van der Waals surface area (Å²) in [5, 5.41) is 17.9. The highest BCUT2D eigenvalue weighted by atomic mass is 15.3. The van der Waals surface area contributed by atoms with Gasteiger partial charge in [-0.15, -0.1) is 0 Å². The molecule has 7 aromatic carbocycles. The summed E-state index contributed by atoms with van der Waals surface area (Å²) < 4.78 is 2.13. The lowest BCUT2D eigenvalue weighted by molar-refractivity contribution is 0.953. The van der Waals surface area contributed by atoms with E-state index in [1.165, 1.54) is 0 Å². The molecule has 0 saturated heterocycles. The molecule has 2 heterocycles. The van der Waals surface area contributed by atoms with E-state index in [0.717, 1.165) is 71.6 Å². The van der Waals surface area contributed by atoms with Gasteiger partial charge in [-0.3, -0.25) is 15.4 Å². The number of rotatable bonds is 6. The number of allylic oxidation sites excluding steroid dienone is 1. The third-order valence-electron chi connectivity index (χ3n) is 9.96. The molecule has 0 amide bonds. The quantitative estimate of drug-likeness (QED) is 0.170. The van der Waals surface area contributed by atoms with Gasteiger partial charge in [-0.05, 0) is 63.9 Å². The fraction of sp³-hybridized carbons (Fsp3) is 0. The van der Waals surface area contributed by atoms with Gasteiger partial charge in [0, 0.05) is 27.5 Å². The Kier molecular flexibility index (Phi) is 7.47. The second-order valence-electron chi connectivity index (χ2n) is 13.2. The Morgan fingerprint density at radius 3 is 1.80 bits per heavy atom. The zero-order valence-corrected chi connectivity index (χ0v) is 29.0. The van der Waals surface area contributed by atoms with Gasteiger partial charge < -0.3 is 0 Å². The number of nitrogens with one attached hydrogen (secondary N) is 2. The van der Waals surface area contributed by atoms with Gasteiger partial charge in [-0.1, -0.05) is 140 Å². The van der Waals surface area contributed by atoms with E-state index < -0.39 is 0 Å². The largest absolute Gasteiger partial charge is 0.299 e. The first-order valence-electron chi connectivity index (χ1n) is 17.8. The van der Waals surface area contributed by atoms with E-state index in [4.69, 9.17) is 25.5 Å². The molecule has 254 valence electrons. The van der Waals surface area contributed by atoms with Crippen molar-refractivity contribution in [3.05, 3.63) is 181 Å². The van der Waals surface area contributed by atoms with Crippen LogP contribution < -0.4 is 5.43 Å². The standard InChI is InChI=1S/C47H31N7/c48-40-28-27-33-23-21-32-22-26-35(29-39(32)43(33)44(40)53-52-36-13-5-2-6-14-36)46-49-45(34-24-19-31(20-25-34)30-11-3-1-4-12-30)50-47(51-46)54-41-17-9-7-15-37(41)38-16-8-10-18-42(38)54/h1-29,48,52H/b48-40?,53-44+. The highest BCUT2D eigenvalue weighted by Gasteiger charge is 2.22. The van der Waals surface area contributed by atoms with Crippen LogP contribution in [0.2, 0.25) is 0 Å². The lowest BCUT2D eigenvalue weighted by Crippen LogP contribution is -2.19. The van der Waals surface area contributed by atoms with Crippen molar-refractivity contribution in [1.29, 1.82) is 5.41 Å². The minimum absolute atomic E-state index is 0.332. The van der Waals surface area contributed by atoms with Gasteiger partial charge in [-0.2, -0.15) is 15.1 Å². The SMILES string of the molecule is N=C1C=Cc2ccc3ccc(-c4nc(-c5ccc(-c6ccccc6)cc5)nc(-n5c6ccccc6c6ccccc65)n4)cc3c2/C1=N/Nc1ccccc1. The molecule has 1 aliphatic carbocycles. The predicted molar refractivity (Wildman–Crippen MR) is 221 cm³/mol. The second kappa shape index (κ2) is 12.9. The Hall–Kier alpha value is -7.51. The Labute approximate surface area is 311 Å². The van der Waals surface area contributed by atoms with Gasteiger partial charge in [0.15, 0.2) is 11.6 Å². The van der Waals surface area contributed by atoms with Gasteiger partial charge in [0.25, 0.3) is 0 Å². The van der Waals surface area contributed by atoms with Crippen LogP contribution in [0.15, 0.2) is 175 Å². The number of hydrogen-bond acceptors (Lipinski definition) is 6. The molecule has 7 heteroatoms. The monoisotopic (exact) mass is 693 g/mol. The molecule has 0 spiro atoms. The maximum absolute atomic E-state index is 8.88. The Balaban J connectivity index is 1.17. The first kappa shape index (κ1) is 31.2. The van der Waals surface area contributed by atoms with Crippen LogP contribution in [0, 0.1) is 5.41 Å². The van der Waals surface area contributed by atoms with Crippen LogP contribution in [0.1, 0.15) is 11.1 Å². The third-order valence-corrected chi connectivity index (χ3v) is 9.96. The predicted octanol–water partition coefficient (Wildman–Crippen LogP) is 11.0. The van der Waals surface area contributed by atoms with Crippen molar-refractivity contribution in [3.8, 4) is 39.9 Å². The molecule has 9 aromatic rings. The molecular formula is C47H31N7. The van der Waals surface area contributed by atoms with Crippen LogP contribution in [-0.4, -0.2) is 30.9 Å². The summed E-state index contributed by atoms with van der Waals surface area (Å²) in [5.74, 6) is 1.66. The van der Waals surface area contributed by atoms with E-state index in [2.05, 4.69) is 113 Å². The van der Waals surface area contributed by atoms with Crippen LogP contribution in [0.25, 0.3) is 78.5 Å². The van der Waals surface area contributed by atoms with Crippen molar-refractivity contribution in [2.45, 2.75) is 0 Å². The van der Waals surface area contributed by atoms with E-state index in [9.17, 15) is 0 Å². The number of aromatic nitrogens is 4. The van der Waals surface area contributed by atoms with Gasteiger partial charge in [-0.25, -0.2) is 4.98 Å². The highest BCUT2D eigenvalue weighted by Crippen LogP contribution is 2.35. The fourth-order valence-electron chi connectivity index (χ4n) is 7.32. The maximum Gasteiger partial charge on any atom is 0.238 e. The first-order valence-corrected chi connectivity index (χ1v) is 17.8. The smallest absolute Gasteiger partial charge is 0.238 e. The van der Waals surface area contributed by atoms with Crippen molar-refractivity contribution >= 4 is 55.8 Å². The van der Waals surface area contributed by atoms with Crippen LogP contribution >= 0.6 is 0 Å². The number of hydrazone groups is 1. The first-order chi connectivity index (χ1) is 26.7. The third kappa shape index (κ3) is 5.43. The molecule has 10 rings (SSSR count). The number of benzene rings is 7. The molecule has 0 bridgehead atoms. The molecule has 0 atom stereocenters. The van der Waals surface area contributed by atoms with Gasteiger partial charge in [0.2, 0.25) is 5.95 Å². The van der Waals surface area contributed by atoms with Crippen LogP contribution in [0.4, 0.5) is 5.69 Å². The fourth-order valence-corrected chi connectivity index (χ4v) is 7.32. The molecule has 2 aromatic heterocycles. The van der Waals surface area contributed by atoms with Gasteiger partial charge >= 0.3 is 0 Å². The summed E-state index contributed by atoms with van der Waals surface area (Å²) in [6, 6.07) is 55.7. The molecule has 0 aliphatic heterocycles. The van der Waals surface area contributed by atoms with Gasteiger partial charge in [0.1, 0.15) is 5.71 Å². The van der Waals surface area contributed by atoms with E-state index in [1.54, 1.807) is 6.08 Å². The topological polar surface area (TPSA) is 91.8 Å². The molecule has 0 radical (unpaired) electrons. The zero-order chi connectivity index (χ0) is 36.0. The average Bonchev–Trinajstić information content (AvgIpc) is 3.58. The molecular weight excluding hydrogens is 663 g/mol. The second-order valence-corrected chi connectivity index (χ2v) is 13.2. The molecule has 1 aliphatic rings. The summed E-state index contributed by atoms with van der Waals surface area (Å²) in [6.07, 6.45) is 3.77. The minimum atomic E-state index is 0.332. The molecule has 0 unspecified atom stereocenters. The van der Waals surface area contributed by atoms with E-state index in [0.29, 0.717) is 29.0 Å². The average molecular weight is 694 g/mol. The minimum Gasteiger partial charge on any atom is -0.299 e. The van der Waals surface area contributed by atoms with E-state index in [-0.39, 0.29) is 0 Å². The van der Waals surface area contributed by atoms with Crippen molar-refractivity contribution in [2.75, 3.05) is 5.43 Å². The van der Waals surface area contributed by atoms with Crippen molar-refractivity contribution in [2.24, 2.45) is 5.10 Å². The van der Waals surface area contributed by atoms with Crippen LogP contribution in [0.5, 0.6) is 0 Å². The van der Waals surface area contributed by atoms with Crippen LogP contribution in [0.3, 0.4) is 0 Å². The number of nitrogens with zero attached hydrogens (tertiary/aromatic N) is 5. The maximum atomic E-state index is 8.88. The Morgan fingerprint density at radius 2 is 1.07 bits per heavy atom. The number of para-hydroxylation sites is 3. The van der Waals surface area contributed by atoms with E-state index in [1.807, 2.05) is 66.7 Å². The Morgan fingerprint density at radius 1 is 0.500 bits per heavy atom. The summed E-state index contributed by atoms with van der Waals surface area (Å²) in [5.41, 5.74) is 12.8. The van der Waals surface area contributed by atoms with E-state index >= 15 is 0 Å².